The lowest BCUT2D eigenvalue weighted by Gasteiger charge is -2.30. The summed E-state index contributed by atoms with van der Waals surface area (Å²) in [5, 5.41) is 2.38. The minimum absolute atomic E-state index is 0.00190. The van der Waals surface area contributed by atoms with E-state index in [9.17, 15) is 18.0 Å². The summed E-state index contributed by atoms with van der Waals surface area (Å²) in [6.45, 7) is 7.46. The van der Waals surface area contributed by atoms with Gasteiger partial charge in [0.1, 0.15) is 0 Å². The van der Waals surface area contributed by atoms with Gasteiger partial charge in [-0.25, -0.2) is 5.01 Å². The second-order valence-corrected chi connectivity index (χ2v) is 8.40. The molecule has 0 saturated carbocycles. The largest absolute Gasteiger partial charge is 0.409 e. The molecule has 1 heterocycles. The lowest BCUT2D eigenvalue weighted by molar-refractivity contribution is -0.191. The summed E-state index contributed by atoms with van der Waals surface area (Å²) in [4.78, 5) is 12.1. The lowest BCUT2D eigenvalue weighted by Crippen LogP contribution is -2.43. The molecule has 1 aliphatic rings. The number of hydrogen-bond acceptors (Lipinski definition) is 2. The standard InChI is InChI=1S/C21H25F3N2O/c1-13(2)10-14-8-9-15-6-5-7-16(17(15)11-14)18(21(22,23)24)26-12-20(3,4)19(27)25-26/h5-9,11,13,18H,10,12H2,1-4H3,(H,25,27)/t18-/m0/s1. The molecule has 0 unspecified atom stereocenters. The maximum Gasteiger partial charge on any atom is 0.409 e. The summed E-state index contributed by atoms with van der Waals surface area (Å²) in [6.07, 6.45) is -3.72. The Balaban J connectivity index is 2.12. The van der Waals surface area contributed by atoms with Crippen molar-refractivity contribution in [2.75, 3.05) is 6.54 Å². The van der Waals surface area contributed by atoms with Gasteiger partial charge >= 0.3 is 6.18 Å². The molecular formula is C21H25F3N2O. The van der Waals surface area contributed by atoms with E-state index in [-0.39, 0.29) is 12.1 Å². The highest BCUT2D eigenvalue weighted by atomic mass is 19.4. The van der Waals surface area contributed by atoms with Crippen LogP contribution in [0.15, 0.2) is 36.4 Å². The molecule has 1 N–H and O–H groups in total. The van der Waals surface area contributed by atoms with Crippen LogP contribution in [0.1, 0.15) is 44.9 Å². The Morgan fingerprint density at radius 1 is 1.19 bits per heavy atom. The average Bonchev–Trinajstić information content (AvgIpc) is 2.79. The molecule has 27 heavy (non-hydrogen) atoms. The lowest BCUT2D eigenvalue weighted by atomic mass is 9.92. The van der Waals surface area contributed by atoms with Crippen molar-refractivity contribution in [3.8, 4) is 0 Å². The SMILES string of the molecule is CC(C)Cc1ccc2cccc([C@H](N3CC(C)(C)C(=O)N3)C(F)(F)F)c2c1. The smallest absolute Gasteiger partial charge is 0.287 e. The molecular weight excluding hydrogens is 353 g/mol. The van der Waals surface area contributed by atoms with Crippen molar-refractivity contribution in [1.29, 1.82) is 0 Å². The number of fused-ring (bicyclic) bond motifs is 1. The molecule has 1 atom stereocenters. The first kappa shape index (κ1) is 19.7. The second-order valence-electron chi connectivity index (χ2n) is 8.40. The van der Waals surface area contributed by atoms with E-state index in [1.54, 1.807) is 19.9 Å². The van der Waals surface area contributed by atoms with Gasteiger partial charge < -0.3 is 0 Å². The van der Waals surface area contributed by atoms with E-state index in [4.69, 9.17) is 0 Å². The third kappa shape index (κ3) is 3.95. The zero-order valence-electron chi connectivity index (χ0n) is 16.0. The molecule has 1 fully saturated rings. The highest BCUT2D eigenvalue weighted by Gasteiger charge is 2.51. The van der Waals surface area contributed by atoms with Gasteiger partial charge in [0.05, 0.1) is 5.41 Å². The molecule has 1 saturated heterocycles. The van der Waals surface area contributed by atoms with Crippen molar-refractivity contribution in [3.63, 3.8) is 0 Å². The highest BCUT2D eigenvalue weighted by molar-refractivity contribution is 5.87. The maximum atomic E-state index is 14.1. The fourth-order valence-corrected chi connectivity index (χ4v) is 3.68. The van der Waals surface area contributed by atoms with Gasteiger partial charge in [0, 0.05) is 6.54 Å². The third-order valence-electron chi connectivity index (χ3n) is 4.97. The monoisotopic (exact) mass is 378 g/mol. The number of alkyl halides is 3. The van der Waals surface area contributed by atoms with E-state index in [1.165, 1.54) is 6.07 Å². The number of amides is 1. The molecule has 3 rings (SSSR count). The average molecular weight is 378 g/mol. The Morgan fingerprint density at radius 2 is 1.89 bits per heavy atom. The van der Waals surface area contributed by atoms with Crippen LogP contribution in [-0.2, 0) is 11.2 Å². The first-order chi connectivity index (χ1) is 12.5. The van der Waals surface area contributed by atoms with Gasteiger partial charge in [-0.3, -0.25) is 10.2 Å². The quantitative estimate of drug-likeness (QED) is 0.811. The maximum absolute atomic E-state index is 14.1. The number of hydrazine groups is 1. The van der Waals surface area contributed by atoms with Crippen molar-refractivity contribution < 1.29 is 18.0 Å². The Kier molecular flexibility index (Phi) is 4.97. The first-order valence-electron chi connectivity index (χ1n) is 9.15. The predicted octanol–water partition coefficient (Wildman–Crippen LogP) is 5.01. The normalized spacial score (nSPS) is 18.9. The van der Waals surface area contributed by atoms with Crippen molar-refractivity contribution in [3.05, 3.63) is 47.5 Å². The Morgan fingerprint density at radius 3 is 2.44 bits per heavy atom. The summed E-state index contributed by atoms with van der Waals surface area (Å²) in [5.74, 6) is 0.0178. The van der Waals surface area contributed by atoms with Crippen LogP contribution in [0, 0.1) is 11.3 Å². The van der Waals surface area contributed by atoms with Crippen molar-refractivity contribution in [2.45, 2.75) is 46.3 Å². The van der Waals surface area contributed by atoms with E-state index in [0.29, 0.717) is 11.3 Å². The van der Waals surface area contributed by atoms with Crippen LogP contribution in [-0.4, -0.2) is 23.6 Å². The Hall–Kier alpha value is -2.08. The van der Waals surface area contributed by atoms with Crippen LogP contribution in [0.5, 0.6) is 0 Å². The zero-order valence-corrected chi connectivity index (χ0v) is 16.0. The molecule has 0 spiro atoms. The predicted molar refractivity (Wildman–Crippen MR) is 99.9 cm³/mol. The fourth-order valence-electron chi connectivity index (χ4n) is 3.68. The number of rotatable bonds is 4. The molecule has 0 aliphatic carbocycles. The van der Waals surface area contributed by atoms with Crippen LogP contribution in [0.2, 0.25) is 0 Å². The second kappa shape index (κ2) is 6.82. The van der Waals surface area contributed by atoms with Gasteiger partial charge in [-0.15, -0.1) is 0 Å². The minimum Gasteiger partial charge on any atom is -0.287 e. The van der Waals surface area contributed by atoms with Gasteiger partial charge in [-0.2, -0.15) is 13.2 Å². The number of nitrogens with one attached hydrogen (secondary N) is 1. The molecule has 1 amide bonds. The van der Waals surface area contributed by atoms with Gasteiger partial charge in [0.15, 0.2) is 6.04 Å². The number of nitrogens with zero attached hydrogens (tertiary/aromatic N) is 1. The fraction of sp³-hybridized carbons (Fsp3) is 0.476. The number of benzene rings is 2. The topological polar surface area (TPSA) is 32.3 Å². The summed E-state index contributed by atoms with van der Waals surface area (Å²) in [5.41, 5.74) is 2.75. The van der Waals surface area contributed by atoms with Gasteiger partial charge in [-0.1, -0.05) is 50.2 Å². The molecule has 146 valence electrons. The summed E-state index contributed by atoms with van der Waals surface area (Å²) in [7, 11) is 0. The van der Waals surface area contributed by atoms with E-state index in [2.05, 4.69) is 19.3 Å². The summed E-state index contributed by atoms with van der Waals surface area (Å²) < 4.78 is 42.2. The molecule has 6 heteroatoms. The zero-order chi connectivity index (χ0) is 20.0. The van der Waals surface area contributed by atoms with Crippen molar-refractivity contribution in [1.82, 2.24) is 10.4 Å². The first-order valence-corrected chi connectivity index (χ1v) is 9.15. The Bertz CT molecular complexity index is 858. The van der Waals surface area contributed by atoms with E-state index in [0.717, 1.165) is 22.4 Å². The van der Waals surface area contributed by atoms with Crippen LogP contribution < -0.4 is 5.43 Å². The van der Waals surface area contributed by atoms with Crippen LogP contribution in [0.4, 0.5) is 13.2 Å². The van der Waals surface area contributed by atoms with Crippen LogP contribution in [0.3, 0.4) is 0 Å². The summed E-state index contributed by atoms with van der Waals surface area (Å²) >= 11 is 0. The van der Waals surface area contributed by atoms with Crippen molar-refractivity contribution >= 4 is 16.7 Å². The van der Waals surface area contributed by atoms with Gasteiger partial charge in [0.2, 0.25) is 5.91 Å². The molecule has 0 radical (unpaired) electrons. The molecule has 2 aromatic carbocycles. The number of carbonyl (C=O) groups is 1. The number of carbonyl (C=O) groups excluding carboxylic acids is 1. The molecule has 0 aromatic heterocycles. The molecule has 3 nitrogen and oxygen atoms in total. The molecule has 1 aliphatic heterocycles. The minimum atomic E-state index is -4.52. The Labute approximate surface area is 157 Å². The van der Waals surface area contributed by atoms with E-state index >= 15 is 0 Å². The van der Waals surface area contributed by atoms with Gasteiger partial charge in [0.25, 0.3) is 0 Å². The van der Waals surface area contributed by atoms with Crippen LogP contribution in [0.25, 0.3) is 10.8 Å². The molecule has 2 aromatic rings. The number of hydrogen-bond donors (Lipinski definition) is 1. The third-order valence-corrected chi connectivity index (χ3v) is 4.97. The number of halogens is 3. The highest BCUT2D eigenvalue weighted by Crippen LogP contribution is 2.42. The van der Waals surface area contributed by atoms with E-state index in [1.807, 2.05) is 24.3 Å². The molecule has 0 bridgehead atoms. The van der Waals surface area contributed by atoms with Crippen LogP contribution >= 0.6 is 0 Å². The van der Waals surface area contributed by atoms with Crippen molar-refractivity contribution in [2.24, 2.45) is 11.3 Å². The van der Waals surface area contributed by atoms with E-state index < -0.39 is 23.5 Å². The summed E-state index contributed by atoms with van der Waals surface area (Å²) in [6, 6.07) is 8.77. The van der Waals surface area contributed by atoms with Gasteiger partial charge in [-0.05, 0) is 48.1 Å².